The van der Waals surface area contributed by atoms with Crippen LogP contribution in [0.1, 0.15) is 61.3 Å². The Labute approximate surface area is 155 Å². The van der Waals surface area contributed by atoms with Crippen molar-refractivity contribution in [1.29, 1.82) is 0 Å². The van der Waals surface area contributed by atoms with Crippen LogP contribution in [-0.2, 0) is 16.6 Å². The molecule has 0 bridgehead atoms. The third-order valence-electron chi connectivity index (χ3n) is 6.19. The molecule has 2 aliphatic rings. The zero-order valence-corrected chi connectivity index (χ0v) is 15.5. The number of rotatable bonds is 4. The van der Waals surface area contributed by atoms with Crippen molar-refractivity contribution in [3.63, 3.8) is 0 Å². The molecule has 2 aromatic carbocycles. The Balaban J connectivity index is 1.60. The lowest BCUT2D eigenvalue weighted by Crippen LogP contribution is -2.44. The summed E-state index contributed by atoms with van der Waals surface area (Å²) in [5.74, 6) is 1.10. The first-order valence-electron chi connectivity index (χ1n) is 9.76. The van der Waals surface area contributed by atoms with Gasteiger partial charge in [0, 0.05) is 0 Å². The maximum Gasteiger partial charge on any atom is 0.231 e. The smallest absolute Gasteiger partial charge is 0.231 e. The van der Waals surface area contributed by atoms with Gasteiger partial charge in [-0.15, -0.1) is 0 Å². The first kappa shape index (κ1) is 17.1. The second kappa shape index (κ2) is 7.14. The zero-order valence-electron chi connectivity index (χ0n) is 15.5. The van der Waals surface area contributed by atoms with E-state index in [9.17, 15) is 4.79 Å². The number of methoxy groups -OCH3 is 1. The molecule has 1 N–H and O–H groups in total. The summed E-state index contributed by atoms with van der Waals surface area (Å²) >= 11 is 0. The van der Waals surface area contributed by atoms with Crippen LogP contribution < -0.4 is 10.1 Å². The minimum atomic E-state index is -0.356. The van der Waals surface area contributed by atoms with Gasteiger partial charge in [0.1, 0.15) is 5.75 Å². The largest absolute Gasteiger partial charge is 0.497 e. The molecule has 0 spiro atoms. The number of aryl methyl sites for hydroxylation is 1. The van der Waals surface area contributed by atoms with Crippen molar-refractivity contribution >= 4 is 5.91 Å². The number of hydrogen-bond acceptors (Lipinski definition) is 2. The Bertz CT molecular complexity index is 778. The minimum absolute atomic E-state index is 0.110. The van der Waals surface area contributed by atoms with Crippen LogP contribution in [0.25, 0.3) is 0 Å². The molecular formula is C23H27NO2. The highest BCUT2D eigenvalue weighted by molar-refractivity contribution is 5.89. The molecule has 0 radical (unpaired) electrons. The molecule has 0 saturated heterocycles. The van der Waals surface area contributed by atoms with Gasteiger partial charge in [-0.05, 0) is 60.9 Å². The van der Waals surface area contributed by atoms with Crippen LogP contribution >= 0.6 is 0 Å². The first-order chi connectivity index (χ1) is 12.7. The number of amides is 1. The summed E-state index contributed by atoms with van der Waals surface area (Å²) in [6.45, 7) is 0. The first-order valence-corrected chi connectivity index (χ1v) is 9.76. The lowest BCUT2D eigenvalue weighted by Gasteiger charge is -2.33. The number of benzene rings is 2. The van der Waals surface area contributed by atoms with Gasteiger partial charge < -0.3 is 10.1 Å². The fraction of sp³-hybridized carbons (Fsp3) is 0.435. The second-order valence-corrected chi connectivity index (χ2v) is 7.64. The fourth-order valence-electron chi connectivity index (χ4n) is 4.75. The van der Waals surface area contributed by atoms with E-state index < -0.39 is 0 Å². The molecule has 0 aliphatic heterocycles. The number of ether oxygens (including phenoxy) is 1. The molecular weight excluding hydrogens is 322 g/mol. The highest BCUT2D eigenvalue weighted by Crippen LogP contribution is 2.42. The predicted molar refractivity (Wildman–Crippen MR) is 103 cm³/mol. The van der Waals surface area contributed by atoms with Crippen molar-refractivity contribution in [2.75, 3.05) is 7.11 Å². The standard InChI is InChI=1S/C23H27NO2/c1-26-19-12-13-20-17(16-19)8-7-11-21(20)24-22(25)23(14-5-6-15-23)18-9-3-2-4-10-18/h2-4,9-10,12-13,16,21H,5-8,11,14-15H2,1H3,(H,24,25)/t21-/m1/s1. The van der Waals surface area contributed by atoms with Crippen LogP contribution in [0.4, 0.5) is 0 Å². The molecule has 3 nitrogen and oxygen atoms in total. The highest BCUT2D eigenvalue weighted by atomic mass is 16.5. The summed E-state index contributed by atoms with van der Waals surface area (Å²) in [5, 5.41) is 3.41. The molecule has 0 aromatic heterocycles. The van der Waals surface area contributed by atoms with Crippen molar-refractivity contribution in [1.82, 2.24) is 5.32 Å². The fourth-order valence-corrected chi connectivity index (χ4v) is 4.75. The normalized spacial score (nSPS) is 21.0. The Morgan fingerprint density at radius 1 is 1.08 bits per heavy atom. The van der Waals surface area contributed by atoms with Gasteiger partial charge in [-0.3, -0.25) is 4.79 Å². The average Bonchev–Trinajstić information content (AvgIpc) is 3.20. The van der Waals surface area contributed by atoms with E-state index in [1.54, 1.807) is 7.11 Å². The molecule has 4 rings (SSSR count). The molecule has 26 heavy (non-hydrogen) atoms. The molecule has 1 saturated carbocycles. The Morgan fingerprint density at radius 2 is 1.85 bits per heavy atom. The van der Waals surface area contributed by atoms with Gasteiger partial charge in [-0.25, -0.2) is 0 Å². The lowest BCUT2D eigenvalue weighted by atomic mass is 9.77. The quantitative estimate of drug-likeness (QED) is 0.869. The number of nitrogens with one attached hydrogen (secondary N) is 1. The molecule has 3 heteroatoms. The van der Waals surface area contributed by atoms with E-state index in [1.807, 2.05) is 24.3 Å². The van der Waals surface area contributed by atoms with Crippen LogP contribution in [-0.4, -0.2) is 13.0 Å². The molecule has 2 aliphatic carbocycles. The summed E-state index contributed by atoms with van der Waals surface area (Å²) < 4.78 is 5.36. The summed E-state index contributed by atoms with van der Waals surface area (Å²) in [7, 11) is 1.70. The van der Waals surface area contributed by atoms with Crippen molar-refractivity contribution in [2.45, 2.75) is 56.4 Å². The van der Waals surface area contributed by atoms with Gasteiger partial charge in [0.15, 0.2) is 0 Å². The van der Waals surface area contributed by atoms with Gasteiger partial charge in [0.25, 0.3) is 0 Å². The monoisotopic (exact) mass is 349 g/mol. The van der Waals surface area contributed by atoms with Gasteiger partial charge in [-0.2, -0.15) is 0 Å². The molecule has 136 valence electrons. The summed E-state index contributed by atoms with van der Waals surface area (Å²) in [5.41, 5.74) is 3.37. The third kappa shape index (κ3) is 3.00. The lowest BCUT2D eigenvalue weighted by molar-refractivity contribution is -0.127. The molecule has 2 aromatic rings. The van der Waals surface area contributed by atoms with Crippen LogP contribution in [0.2, 0.25) is 0 Å². The summed E-state index contributed by atoms with van der Waals surface area (Å²) in [6.07, 6.45) is 7.32. The van der Waals surface area contributed by atoms with Crippen LogP contribution in [0.5, 0.6) is 5.75 Å². The van der Waals surface area contributed by atoms with E-state index in [-0.39, 0.29) is 17.4 Å². The van der Waals surface area contributed by atoms with Crippen LogP contribution in [0, 0.1) is 0 Å². The zero-order chi connectivity index (χ0) is 18.0. The Kier molecular flexibility index (Phi) is 4.71. The van der Waals surface area contributed by atoms with E-state index in [0.29, 0.717) is 0 Å². The number of hydrogen-bond donors (Lipinski definition) is 1. The van der Waals surface area contributed by atoms with Gasteiger partial charge >= 0.3 is 0 Å². The predicted octanol–water partition coefficient (Wildman–Crippen LogP) is 4.70. The SMILES string of the molecule is COc1ccc2c(c1)CCC[C@H]2NC(=O)C1(c2ccccc2)CCCC1. The van der Waals surface area contributed by atoms with Crippen LogP contribution in [0.3, 0.4) is 0 Å². The van der Waals surface area contributed by atoms with Gasteiger partial charge in [0.05, 0.1) is 18.6 Å². The second-order valence-electron chi connectivity index (χ2n) is 7.64. The number of fused-ring (bicyclic) bond motifs is 1. The third-order valence-corrected chi connectivity index (χ3v) is 6.19. The maximum absolute atomic E-state index is 13.4. The van der Waals surface area contributed by atoms with Gasteiger partial charge in [-0.1, -0.05) is 49.2 Å². The summed E-state index contributed by atoms with van der Waals surface area (Å²) in [6, 6.07) is 16.7. The van der Waals surface area contributed by atoms with Crippen molar-refractivity contribution in [3.05, 3.63) is 65.2 Å². The molecule has 1 amide bonds. The highest BCUT2D eigenvalue weighted by Gasteiger charge is 2.43. The van der Waals surface area contributed by atoms with Crippen LogP contribution in [0.15, 0.2) is 48.5 Å². The number of carbonyl (C=O) groups is 1. The molecule has 1 fully saturated rings. The van der Waals surface area contributed by atoms with Crippen molar-refractivity contribution < 1.29 is 9.53 Å². The summed E-state index contributed by atoms with van der Waals surface area (Å²) in [4.78, 5) is 13.4. The maximum atomic E-state index is 13.4. The van der Waals surface area contributed by atoms with E-state index in [0.717, 1.165) is 50.7 Å². The topological polar surface area (TPSA) is 38.3 Å². The van der Waals surface area contributed by atoms with E-state index >= 15 is 0 Å². The van der Waals surface area contributed by atoms with Gasteiger partial charge in [0.2, 0.25) is 5.91 Å². The number of carbonyl (C=O) groups excluding carboxylic acids is 1. The van der Waals surface area contributed by atoms with Crippen molar-refractivity contribution in [3.8, 4) is 5.75 Å². The Morgan fingerprint density at radius 3 is 2.58 bits per heavy atom. The average molecular weight is 349 g/mol. The molecule has 1 atom stereocenters. The minimum Gasteiger partial charge on any atom is -0.497 e. The van der Waals surface area contributed by atoms with E-state index in [4.69, 9.17) is 4.74 Å². The van der Waals surface area contributed by atoms with E-state index in [2.05, 4.69) is 29.6 Å². The molecule has 0 heterocycles. The van der Waals surface area contributed by atoms with Crippen molar-refractivity contribution in [2.24, 2.45) is 0 Å². The van der Waals surface area contributed by atoms with E-state index in [1.165, 1.54) is 16.7 Å². The molecule has 0 unspecified atom stereocenters. The Hall–Kier alpha value is -2.29.